The number of hydrogen-bond donors (Lipinski definition) is 1. The molecule has 1 unspecified atom stereocenters. The summed E-state index contributed by atoms with van der Waals surface area (Å²) in [7, 11) is 0. The SMILES string of the molecule is Cc1nc2ccccn2c1/C(O)=C1\C(=O)C(=O)N(c2nc3ccc(Cl)cc3s2)C1c1ccccc1F. The summed E-state index contributed by atoms with van der Waals surface area (Å²) in [6.07, 6.45) is 1.69. The van der Waals surface area contributed by atoms with Gasteiger partial charge in [0.25, 0.3) is 5.78 Å². The number of imidazole rings is 1. The third-order valence-electron chi connectivity index (χ3n) is 6.12. The van der Waals surface area contributed by atoms with E-state index in [0.717, 1.165) is 16.2 Å². The number of Topliss-reactive ketones (excluding diaryl/α,β-unsaturated/α-hetero) is 1. The van der Waals surface area contributed by atoms with Crippen LogP contribution in [0.3, 0.4) is 0 Å². The van der Waals surface area contributed by atoms with Gasteiger partial charge in [0.2, 0.25) is 0 Å². The first-order valence-corrected chi connectivity index (χ1v) is 12.1. The maximum Gasteiger partial charge on any atom is 0.301 e. The van der Waals surface area contributed by atoms with E-state index in [1.807, 2.05) is 0 Å². The van der Waals surface area contributed by atoms with Gasteiger partial charge in [0.05, 0.1) is 21.5 Å². The summed E-state index contributed by atoms with van der Waals surface area (Å²) < 4.78 is 17.5. The highest BCUT2D eigenvalue weighted by molar-refractivity contribution is 7.22. The number of aryl methyl sites for hydroxylation is 1. The Morgan fingerprint density at radius 1 is 1.08 bits per heavy atom. The highest BCUT2D eigenvalue weighted by Gasteiger charge is 2.49. The van der Waals surface area contributed by atoms with Gasteiger partial charge < -0.3 is 5.11 Å². The lowest BCUT2D eigenvalue weighted by molar-refractivity contribution is -0.132. The third-order valence-corrected chi connectivity index (χ3v) is 7.37. The first-order valence-electron chi connectivity index (χ1n) is 10.9. The zero-order valence-electron chi connectivity index (χ0n) is 18.6. The predicted molar refractivity (Wildman–Crippen MR) is 136 cm³/mol. The summed E-state index contributed by atoms with van der Waals surface area (Å²) in [6, 6.07) is 15.0. The van der Waals surface area contributed by atoms with Crippen molar-refractivity contribution in [2.75, 3.05) is 4.90 Å². The van der Waals surface area contributed by atoms with E-state index in [0.29, 0.717) is 26.6 Å². The molecule has 6 rings (SSSR count). The van der Waals surface area contributed by atoms with Gasteiger partial charge in [-0.15, -0.1) is 0 Å². The molecule has 178 valence electrons. The first-order chi connectivity index (χ1) is 17.3. The Balaban J connectivity index is 1.63. The van der Waals surface area contributed by atoms with E-state index < -0.39 is 29.3 Å². The van der Waals surface area contributed by atoms with Crippen LogP contribution in [-0.4, -0.2) is 31.2 Å². The minimum atomic E-state index is -1.24. The Kier molecular flexibility index (Phi) is 5.13. The van der Waals surface area contributed by atoms with Gasteiger partial charge in [-0.2, -0.15) is 0 Å². The lowest BCUT2D eigenvalue weighted by atomic mass is 9.96. The molecular weight excluding hydrogens is 503 g/mol. The molecule has 1 fully saturated rings. The lowest BCUT2D eigenvalue weighted by Gasteiger charge is -2.23. The Labute approximate surface area is 212 Å². The zero-order chi connectivity index (χ0) is 25.1. The second-order valence-electron chi connectivity index (χ2n) is 8.27. The number of aromatic nitrogens is 3. The van der Waals surface area contributed by atoms with E-state index in [1.165, 1.54) is 18.2 Å². The van der Waals surface area contributed by atoms with Gasteiger partial charge in [-0.05, 0) is 43.3 Å². The van der Waals surface area contributed by atoms with Crippen LogP contribution in [0, 0.1) is 12.7 Å². The second kappa shape index (κ2) is 8.25. The maximum atomic E-state index is 15.1. The molecule has 10 heteroatoms. The van der Waals surface area contributed by atoms with E-state index in [9.17, 15) is 14.7 Å². The summed E-state index contributed by atoms with van der Waals surface area (Å²) in [5, 5.41) is 12.2. The molecule has 4 heterocycles. The minimum absolute atomic E-state index is 0.0574. The van der Waals surface area contributed by atoms with Gasteiger partial charge in [0.1, 0.15) is 23.2 Å². The number of fused-ring (bicyclic) bond motifs is 2. The summed E-state index contributed by atoms with van der Waals surface area (Å²) in [4.78, 5) is 36.9. The topological polar surface area (TPSA) is 87.8 Å². The van der Waals surface area contributed by atoms with E-state index >= 15 is 4.39 Å². The molecule has 0 aliphatic carbocycles. The molecule has 1 aliphatic heterocycles. The van der Waals surface area contributed by atoms with Crippen LogP contribution in [0.25, 0.3) is 21.6 Å². The molecule has 2 aromatic carbocycles. The largest absolute Gasteiger partial charge is 0.505 e. The van der Waals surface area contributed by atoms with Crippen molar-refractivity contribution in [1.29, 1.82) is 0 Å². The third kappa shape index (κ3) is 3.31. The Morgan fingerprint density at radius 3 is 2.67 bits per heavy atom. The number of hydrogen-bond acceptors (Lipinski definition) is 6. The van der Waals surface area contributed by atoms with Crippen molar-refractivity contribution in [2.45, 2.75) is 13.0 Å². The fraction of sp³-hybridized carbons (Fsp3) is 0.0769. The number of carbonyl (C=O) groups is 2. The number of benzene rings is 2. The fourth-order valence-electron chi connectivity index (χ4n) is 4.54. The number of nitrogens with zero attached hydrogens (tertiary/aromatic N) is 4. The van der Waals surface area contributed by atoms with Gasteiger partial charge in [-0.25, -0.2) is 14.4 Å². The number of halogens is 2. The smallest absolute Gasteiger partial charge is 0.301 e. The number of aliphatic hydroxyl groups excluding tert-OH is 1. The van der Waals surface area contributed by atoms with Gasteiger partial charge >= 0.3 is 5.91 Å². The van der Waals surface area contributed by atoms with Crippen molar-refractivity contribution in [3.05, 3.63) is 100 Å². The Morgan fingerprint density at radius 2 is 1.86 bits per heavy atom. The first kappa shape index (κ1) is 22.4. The Hall–Kier alpha value is -4.08. The highest BCUT2D eigenvalue weighted by atomic mass is 35.5. The molecule has 0 radical (unpaired) electrons. The van der Waals surface area contributed by atoms with Crippen molar-refractivity contribution < 1.29 is 19.1 Å². The second-order valence-corrected chi connectivity index (χ2v) is 9.72. The molecule has 0 bridgehead atoms. The van der Waals surface area contributed by atoms with E-state index in [4.69, 9.17) is 11.6 Å². The average molecular weight is 519 g/mol. The van der Waals surface area contributed by atoms with Crippen molar-refractivity contribution in [2.24, 2.45) is 0 Å². The van der Waals surface area contributed by atoms with Crippen LogP contribution in [0.2, 0.25) is 5.02 Å². The van der Waals surface area contributed by atoms with Gasteiger partial charge in [0, 0.05) is 16.8 Å². The number of anilines is 1. The van der Waals surface area contributed by atoms with Crippen LogP contribution in [0.4, 0.5) is 9.52 Å². The summed E-state index contributed by atoms with van der Waals surface area (Å²) in [6.45, 7) is 1.69. The van der Waals surface area contributed by atoms with Gasteiger partial charge in [-0.1, -0.05) is 47.2 Å². The molecule has 1 N–H and O–H groups in total. The molecule has 1 amide bonds. The van der Waals surface area contributed by atoms with Gasteiger partial charge in [0.15, 0.2) is 10.9 Å². The van der Waals surface area contributed by atoms with Crippen molar-refractivity contribution in [3.63, 3.8) is 0 Å². The molecule has 1 aliphatic rings. The van der Waals surface area contributed by atoms with Crippen molar-refractivity contribution in [1.82, 2.24) is 14.4 Å². The van der Waals surface area contributed by atoms with Crippen molar-refractivity contribution in [3.8, 4) is 0 Å². The molecule has 0 saturated carbocycles. The predicted octanol–water partition coefficient (Wildman–Crippen LogP) is 5.67. The summed E-state index contributed by atoms with van der Waals surface area (Å²) >= 11 is 7.26. The lowest BCUT2D eigenvalue weighted by Crippen LogP contribution is -2.29. The van der Waals surface area contributed by atoms with Crippen molar-refractivity contribution >= 4 is 61.4 Å². The maximum absolute atomic E-state index is 15.1. The van der Waals surface area contributed by atoms with E-state index in [2.05, 4.69) is 9.97 Å². The summed E-state index contributed by atoms with van der Waals surface area (Å²) in [5.41, 5.74) is 1.65. The van der Waals surface area contributed by atoms with Crippen LogP contribution in [0.15, 0.2) is 72.4 Å². The number of ketones is 1. The molecule has 1 saturated heterocycles. The molecule has 36 heavy (non-hydrogen) atoms. The van der Waals surface area contributed by atoms with E-state index in [1.54, 1.807) is 60.0 Å². The fourth-order valence-corrected chi connectivity index (χ4v) is 5.80. The quantitative estimate of drug-likeness (QED) is 0.189. The standard InChI is InChI=1S/C26H16ClFN4O3S/c1-13-21(31-11-5-4-8-19(31)29-13)23(33)20-22(15-6-2-3-7-16(15)28)32(25(35)24(20)34)26-30-17-10-9-14(27)12-18(17)36-26/h2-12,22,33H,1H3/b23-20+. The van der Waals surface area contributed by atoms with Crippen LogP contribution in [0.1, 0.15) is 23.0 Å². The van der Waals surface area contributed by atoms with Crippen LogP contribution >= 0.6 is 22.9 Å². The molecule has 5 aromatic rings. The van der Waals surface area contributed by atoms with Crippen LogP contribution < -0.4 is 4.90 Å². The molecule has 3 aromatic heterocycles. The number of rotatable bonds is 3. The number of amides is 1. The number of aliphatic hydroxyl groups is 1. The van der Waals surface area contributed by atoms with Crippen LogP contribution in [-0.2, 0) is 9.59 Å². The normalized spacial score (nSPS) is 17.5. The summed E-state index contributed by atoms with van der Waals surface area (Å²) in [5.74, 6) is -2.92. The molecule has 1 atom stereocenters. The Bertz CT molecular complexity index is 1760. The minimum Gasteiger partial charge on any atom is -0.505 e. The monoisotopic (exact) mass is 518 g/mol. The average Bonchev–Trinajstić information content (AvgIpc) is 3.50. The van der Waals surface area contributed by atoms with Gasteiger partial charge in [-0.3, -0.25) is 18.9 Å². The van der Waals surface area contributed by atoms with Crippen LogP contribution in [0.5, 0.6) is 0 Å². The zero-order valence-corrected chi connectivity index (χ0v) is 20.2. The highest BCUT2D eigenvalue weighted by Crippen LogP contribution is 2.45. The molecular formula is C26H16ClFN4O3S. The van der Waals surface area contributed by atoms with E-state index in [-0.39, 0.29) is 22.0 Å². The number of thiazole rings is 1. The molecule has 7 nitrogen and oxygen atoms in total. The number of carbonyl (C=O) groups excluding carboxylic acids is 2. The number of pyridine rings is 1. The molecule has 0 spiro atoms.